The first-order valence-electron chi connectivity index (χ1n) is 5.33. The van der Waals surface area contributed by atoms with Gasteiger partial charge in [-0.3, -0.25) is 14.4 Å². The summed E-state index contributed by atoms with van der Waals surface area (Å²) in [6, 6.07) is 0.338. The Balaban J connectivity index is 1.98. The van der Waals surface area contributed by atoms with E-state index in [1.54, 1.807) is 0 Å². The predicted octanol–water partition coefficient (Wildman–Crippen LogP) is 2.08. The zero-order valence-electron chi connectivity index (χ0n) is 8.88. The lowest BCUT2D eigenvalue weighted by atomic mass is 10.7. The third-order valence-corrected chi connectivity index (χ3v) is 4.89. The highest BCUT2D eigenvalue weighted by atomic mass is 35.6. The lowest BCUT2D eigenvalue weighted by Gasteiger charge is -2.23. The Kier molecular flexibility index (Phi) is 3.99. The highest BCUT2D eigenvalue weighted by Gasteiger charge is 2.41. The van der Waals surface area contributed by atoms with Crippen molar-refractivity contribution in [3.63, 3.8) is 0 Å². The number of amides is 1. The molecule has 17 heavy (non-hydrogen) atoms. The number of carbonyl (C=O) groups is 1. The number of nitrogens with one attached hydrogen (secondary N) is 3. The highest BCUT2D eigenvalue weighted by molar-refractivity contribution is 7.58. The Morgan fingerprint density at radius 2 is 1.47 bits per heavy atom. The van der Waals surface area contributed by atoms with Crippen LogP contribution in [0.1, 0.15) is 25.7 Å². The zero-order valence-corrected chi connectivity index (χ0v) is 12.0. The SMILES string of the molecule is O=C(NP(=O)(NC1CC1)NC1CC1)C(Cl)(Cl)Cl. The fraction of sp³-hybridized carbons (Fsp3) is 0.875. The van der Waals surface area contributed by atoms with Gasteiger partial charge in [0.15, 0.2) is 0 Å². The van der Waals surface area contributed by atoms with Crippen molar-refractivity contribution >= 4 is 48.3 Å². The Hall–Kier alpha value is 0.490. The maximum absolute atomic E-state index is 12.4. The lowest BCUT2D eigenvalue weighted by Crippen LogP contribution is -2.41. The summed E-state index contributed by atoms with van der Waals surface area (Å²) in [5.74, 6) is -0.882. The van der Waals surface area contributed by atoms with Crippen LogP contribution in [0.2, 0.25) is 0 Å². The lowest BCUT2D eigenvalue weighted by molar-refractivity contribution is -0.118. The van der Waals surface area contributed by atoms with Crippen LogP contribution in [0.5, 0.6) is 0 Å². The fourth-order valence-corrected chi connectivity index (χ4v) is 3.79. The van der Waals surface area contributed by atoms with Gasteiger partial charge in [-0.25, -0.2) is 10.2 Å². The molecule has 2 saturated carbocycles. The average molecular weight is 321 g/mol. The number of rotatable bonds is 5. The number of halogens is 3. The van der Waals surface area contributed by atoms with Crippen molar-refractivity contribution in [1.29, 1.82) is 0 Å². The van der Waals surface area contributed by atoms with Gasteiger partial charge in [-0.2, -0.15) is 0 Å². The molecule has 0 atom stereocenters. The van der Waals surface area contributed by atoms with Crippen molar-refractivity contribution in [2.45, 2.75) is 41.6 Å². The smallest absolute Gasteiger partial charge is 0.279 e. The first-order chi connectivity index (χ1) is 7.78. The zero-order chi connectivity index (χ0) is 12.7. The third kappa shape index (κ3) is 4.58. The molecular formula is C8H13Cl3N3O2P. The molecule has 0 spiro atoms. The van der Waals surface area contributed by atoms with Gasteiger partial charge < -0.3 is 0 Å². The van der Waals surface area contributed by atoms with Gasteiger partial charge in [0.2, 0.25) is 0 Å². The molecule has 2 aliphatic carbocycles. The molecule has 0 aromatic carbocycles. The van der Waals surface area contributed by atoms with Gasteiger partial charge in [0.05, 0.1) is 0 Å². The van der Waals surface area contributed by atoms with Crippen LogP contribution in [0.15, 0.2) is 0 Å². The molecule has 0 heterocycles. The van der Waals surface area contributed by atoms with Crippen LogP contribution >= 0.6 is 42.4 Å². The van der Waals surface area contributed by atoms with Gasteiger partial charge >= 0.3 is 7.59 Å². The molecule has 98 valence electrons. The second-order valence-electron chi connectivity index (χ2n) is 4.35. The summed E-state index contributed by atoms with van der Waals surface area (Å²) >= 11 is 16.3. The van der Waals surface area contributed by atoms with E-state index in [1.807, 2.05) is 0 Å². The van der Waals surface area contributed by atoms with Crippen molar-refractivity contribution in [3.05, 3.63) is 0 Å². The van der Waals surface area contributed by atoms with E-state index in [9.17, 15) is 9.36 Å². The van der Waals surface area contributed by atoms with Crippen molar-refractivity contribution in [2.75, 3.05) is 0 Å². The molecule has 0 bridgehead atoms. The van der Waals surface area contributed by atoms with Crippen LogP contribution in [0, 0.1) is 0 Å². The minimum Gasteiger partial charge on any atom is -0.279 e. The van der Waals surface area contributed by atoms with E-state index in [1.165, 1.54) is 0 Å². The summed E-state index contributed by atoms with van der Waals surface area (Å²) < 4.78 is 10.3. The number of hydrogen-bond acceptors (Lipinski definition) is 2. The number of carbonyl (C=O) groups excluding carboxylic acids is 1. The van der Waals surface area contributed by atoms with Crippen molar-refractivity contribution in [3.8, 4) is 0 Å². The normalized spacial score (nSPS) is 21.4. The molecule has 0 saturated heterocycles. The van der Waals surface area contributed by atoms with Gasteiger partial charge in [-0.15, -0.1) is 0 Å². The van der Waals surface area contributed by atoms with E-state index >= 15 is 0 Å². The van der Waals surface area contributed by atoms with Gasteiger partial charge in [0.25, 0.3) is 9.70 Å². The molecule has 0 aromatic rings. The quantitative estimate of drug-likeness (QED) is 0.536. The first kappa shape index (κ1) is 13.9. The van der Waals surface area contributed by atoms with Crippen LogP contribution in [0.4, 0.5) is 0 Å². The van der Waals surface area contributed by atoms with Crippen molar-refractivity contribution in [2.24, 2.45) is 0 Å². The van der Waals surface area contributed by atoms with Gasteiger partial charge in [-0.05, 0) is 25.7 Å². The summed E-state index contributed by atoms with van der Waals surface area (Å²) in [6.45, 7) is 0. The topological polar surface area (TPSA) is 70.2 Å². The largest absolute Gasteiger partial charge is 0.306 e. The van der Waals surface area contributed by atoms with Crippen molar-refractivity contribution in [1.82, 2.24) is 15.3 Å². The Labute approximate surface area is 114 Å². The second-order valence-corrected chi connectivity index (χ2v) is 8.59. The van der Waals surface area contributed by atoms with Crippen LogP contribution < -0.4 is 15.3 Å². The molecule has 5 nitrogen and oxygen atoms in total. The molecule has 1 amide bonds. The van der Waals surface area contributed by atoms with Gasteiger partial charge in [0, 0.05) is 12.1 Å². The van der Waals surface area contributed by atoms with E-state index in [-0.39, 0.29) is 12.1 Å². The van der Waals surface area contributed by atoms with Crippen LogP contribution in [-0.2, 0) is 9.36 Å². The Bertz CT molecular complexity index is 348. The maximum Gasteiger partial charge on any atom is 0.306 e. The fourth-order valence-electron chi connectivity index (χ4n) is 1.25. The Morgan fingerprint density at radius 1 is 1.06 bits per heavy atom. The third-order valence-electron chi connectivity index (χ3n) is 2.40. The molecule has 2 fully saturated rings. The standard InChI is InChI=1S/C8H13Cl3N3O2P/c9-8(10,11)7(15)14-17(16,12-5-1-2-5)13-6-3-4-6/h5-6H,1-4H2,(H3,12,13,14,15,16). The molecule has 3 N–H and O–H groups in total. The number of alkyl halides is 3. The van der Waals surface area contributed by atoms with E-state index < -0.39 is 17.3 Å². The van der Waals surface area contributed by atoms with E-state index in [4.69, 9.17) is 34.8 Å². The van der Waals surface area contributed by atoms with Crippen molar-refractivity contribution < 1.29 is 9.36 Å². The Morgan fingerprint density at radius 3 is 1.76 bits per heavy atom. The molecule has 0 aliphatic heterocycles. The second kappa shape index (κ2) is 4.87. The predicted molar refractivity (Wildman–Crippen MR) is 68.4 cm³/mol. The molecule has 0 radical (unpaired) electrons. The highest BCUT2D eigenvalue weighted by Crippen LogP contribution is 2.42. The van der Waals surface area contributed by atoms with E-state index in [0.29, 0.717) is 0 Å². The summed E-state index contributed by atoms with van der Waals surface area (Å²) in [7, 11) is -3.21. The molecule has 0 aromatic heterocycles. The number of hydrogen-bond donors (Lipinski definition) is 3. The monoisotopic (exact) mass is 319 g/mol. The van der Waals surface area contributed by atoms with Crippen LogP contribution in [0.3, 0.4) is 0 Å². The molecular weight excluding hydrogens is 307 g/mol. The minimum atomic E-state index is -3.21. The maximum atomic E-state index is 12.4. The molecule has 2 aliphatic rings. The van der Waals surface area contributed by atoms with E-state index in [2.05, 4.69) is 15.3 Å². The summed E-state index contributed by atoms with van der Waals surface area (Å²) in [5, 5.41) is 8.03. The van der Waals surface area contributed by atoms with Crippen LogP contribution in [0.25, 0.3) is 0 Å². The summed E-state index contributed by atoms with van der Waals surface area (Å²) in [4.78, 5) is 11.5. The van der Waals surface area contributed by atoms with Gasteiger partial charge in [-0.1, -0.05) is 34.8 Å². The van der Waals surface area contributed by atoms with Crippen LogP contribution in [-0.4, -0.2) is 21.8 Å². The first-order valence-corrected chi connectivity index (χ1v) is 8.18. The summed E-state index contributed by atoms with van der Waals surface area (Å²) in [6.07, 6.45) is 3.78. The molecule has 9 heteroatoms. The van der Waals surface area contributed by atoms with Gasteiger partial charge in [0.1, 0.15) is 0 Å². The molecule has 0 unspecified atom stereocenters. The molecule has 2 rings (SSSR count). The average Bonchev–Trinajstić information content (AvgIpc) is 2.99. The van der Waals surface area contributed by atoms with E-state index in [0.717, 1.165) is 25.7 Å². The minimum absolute atomic E-state index is 0.169. The summed E-state index contributed by atoms with van der Waals surface area (Å²) in [5.41, 5.74) is 0.